The molecule has 0 saturated carbocycles. The third-order valence-corrected chi connectivity index (χ3v) is 7.26. The molecular formula is C23H26N4O7S. The van der Waals surface area contributed by atoms with E-state index < -0.39 is 10.0 Å². The molecule has 2 heterocycles. The summed E-state index contributed by atoms with van der Waals surface area (Å²) < 4.78 is 48.8. The van der Waals surface area contributed by atoms with Crippen molar-refractivity contribution < 1.29 is 31.8 Å². The van der Waals surface area contributed by atoms with Crippen molar-refractivity contribution >= 4 is 22.2 Å². The van der Waals surface area contributed by atoms with Gasteiger partial charge in [-0.1, -0.05) is 0 Å². The van der Waals surface area contributed by atoms with Crippen LogP contribution in [0, 0.1) is 0 Å². The molecule has 3 aromatic rings. The van der Waals surface area contributed by atoms with Gasteiger partial charge < -0.3 is 23.5 Å². The van der Waals surface area contributed by atoms with Crippen molar-refractivity contribution in [1.82, 2.24) is 14.5 Å². The van der Waals surface area contributed by atoms with Crippen LogP contribution < -0.4 is 14.4 Å². The molecule has 0 atom stereocenters. The summed E-state index contributed by atoms with van der Waals surface area (Å²) in [6.45, 7) is 5.45. The average Bonchev–Trinajstić information content (AvgIpc) is 3.39. The minimum absolute atomic E-state index is 0.00933. The molecule has 1 aliphatic rings. The van der Waals surface area contributed by atoms with Crippen molar-refractivity contribution in [2.45, 2.75) is 24.8 Å². The minimum Gasteiger partial charge on any atom is -0.491 e. The third kappa shape index (κ3) is 5.72. The smallest absolute Gasteiger partial charge is 0.295 e. The highest BCUT2D eigenvalue weighted by Crippen LogP contribution is 2.33. The van der Waals surface area contributed by atoms with E-state index in [0.29, 0.717) is 49.7 Å². The molecule has 11 nitrogen and oxygen atoms in total. The second kappa shape index (κ2) is 10.7. The Hall–Kier alpha value is -3.64. The molecule has 0 amide bonds. The lowest BCUT2D eigenvalue weighted by molar-refractivity contribution is -0.134. The van der Waals surface area contributed by atoms with Crippen molar-refractivity contribution in [1.29, 1.82) is 0 Å². The zero-order valence-electron chi connectivity index (χ0n) is 19.4. The van der Waals surface area contributed by atoms with Crippen LogP contribution >= 0.6 is 0 Å². The van der Waals surface area contributed by atoms with Gasteiger partial charge in [-0.25, -0.2) is 8.42 Å². The molecule has 0 N–H and O–H groups in total. The Labute approximate surface area is 203 Å². The summed E-state index contributed by atoms with van der Waals surface area (Å²) in [6.07, 6.45) is 1.22. The van der Waals surface area contributed by atoms with E-state index in [2.05, 4.69) is 19.8 Å². The van der Waals surface area contributed by atoms with Crippen LogP contribution in [0.5, 0.6) is 11.5 Å². The predicted octanol–water partition coefficient (Wildman–Crippen LogP) is 2.54. The lowest BCUT2D eigenvalue weighted by Crippen LogP contribution is -2.48. The number of piperazine rings is 1. The van der Waals surface area contributed by atoms with Gasteiger partial charge in [0.2, 0.25) is 23.2 Å². The largest absolute Gasteiger partial charge is 0.491 e. The molecule has 4 rings (SSSR count). The Morgan fingerprint density at radius 1 is 1.09 bits per heavy atom. The molecule has 1 aliphatic heterocycles. The van der Waals surface area contributed by atoms with Crippen LogP contribution in [0.1, 0.15) is 13.8 Å². The molecule has 1 aromatic heterocycles. The summed E-state index contributed by atoms with van der Waals surface area (Å²) in [6, 6.07) is 11.9. The van der Waals surface area contributed by atoms with Gasteiger partial charge in [-0.3, -0.25) is 4.79 Å². The third-order valence-electron chi connectivity index (χ3n) is 5.34. The Kier molecular flexibility index (Phi) is 7.51. The maximum Gasteiger partial charge on any atom is 0.295 e. The first-order chi connectivity index (χ1) is 16.9. The number of ether oxygens (including phenoxy) is 3. The van der Waals surface area contributed by atoms with Crippen LogP contribution in [0.4, 0.5) is 5.69 Å². The fourth-order valence-corrected chi connectivity index (χ4v) is 5.14. The van der Waals surface area contributed by atoms with E-state index in [0.717, 1.165) is 5.69 Å². The Morgan fingerprint density at radius 3 is 2.46 bits per heavy atom. The monoisotopic (exact) mass is 502 g/mol. The predicted molar refractivity (Wildman–Crippen MR) is 126 cm³/mol. The fourth-order valence-electron chi connectivity index (χ4n) is 3.72. The zero-order chi connectivity index (χ0) is 24.8. The second-order valence-electron chi connectivity index (χ2n) is 7.98. The van der Waals surface area contributed by atoms with Gasteiger partial charge in [0.1, 0.15) is 11.5 Å². The van der Waals surface area contributed by atoms with Gasteiger partial charge in [-0.05, 0) is 50.2 Å². The highest BCUT2D eigenvalue weighted by molar-refractivity contribution is 7.89. The van der Waals surface area contributed by atoms with Crippen molar-refractivity contribution in [3.63, 3.8) is 0 Å². The van der Waals surface area contributed by atoms with Gasteiger partial charge in [0.05, 0.1) is 16.6 Å². The number of benzene rings is 2. The first kappa shape index (κ1) is 24.5. The Bertz CT molecular complexity index is 1220. The average molecular weight is 503 g/mol. The van der Waals surface area contributed by atoms with Crippen molar-refractivity contribution in [3.8, 4) is 23.0 Å². The van der Waals surface area contributed by atoms with Gasteiger partial charge in [0.15, 0.2) is 0 Å². The molecule has 0 spiro atoms. The maximum atomic E-state index is 13.1. The van der Waals surface area contributed by atoms with Gasteiger partial charge in [0.25, 0.3) is 12.4 Å². The van der Waals surface area contributed by atoms with Gasteiger partial charge >= 0.3 is 0 Å². The summed E-state index contributed by atoms with van der Waals surface area (Å²) in [5, 5.41) is 7.58. The number of rotatable bonds is 10. The zero-order valence-corrected chi connectivity index (χ0v) is 20.2. The number of aromatic nitrogens is 2. The number of sulfonamides is 1. The SMILES string of the molecule is CC(C)Oc1ccc(S(=O)(=O)N2CCN(c3ccc(-c4nnco4)c(OCOC=O)c3)CC2)cc1. The topological polar surface area (TPSA) is 124 Å². The Balaban J connectivity index is 1.45. The van der Waals surface area contributed by atoms with E-state index in [1.54, 1.807) is 36.4 Å². The van der Waals surface area contributed by atoms with E-state index in [4.69, 9.17) is 13.9 Å². The van der Waals surface area contributed by atoms with Crippen LogP contribution in [-0.2, 0) is 19.6 Å². The maximum absolute atomic E-state index is 13.1. The van der Waals surface area contributed by atoms with Crippen molar-refractivity contribution in [2.75, 3.05) is 37.9 Å². The Morgan fingerprint density at radius 2 is 1.83 bits per heavy atom. The fraction of sp³-hybridized carbons (Fsp3) is 0.348. The van der Waals surface area contributed by atoms with Gasteiger partial charge in [-0.15, -0.1) is 10.2 Å². The molecule has 2 aromatic carbocycles. The summed E-state index contributed by atoms with van der Waals surface area (Å²) >= 11 is 0. The van der Waals surface area contributed by atoms with Crippen LogP contribution in [-0.4, -0.2) is 68.5 Å². The molecule has 35 heavy (non-hydrogen) atoms. The van der Waals surface area contributed by atoms with Crippen molar-refractivity contribution in [3.05, 3.63) is 48.9 Å². The number of carbonyl (C=O) groups is 1. The molecule has 1 saturated heterocycles. The molecule has 186 valence electrons. The van der Waals surface area contributed by atoms with Gasteiger partial charge in [0, 0.05) is 37.9 Å². The van der Waals surface area contributed by atoms with Crippen LogP contribution in [0.25, 0.3) is 11.5 Å². The second-order valence-corrected chi connectivity index (χ2v) is 9.92. The van der Waals surface area contributed by atoms with E-state index in [9.17, 15) is 13.2 Å². The van der Waals surface area contributed by atoms with Crippen LogP contribution in [0.15, 0.2) is 58.2 Å². The quantitative estimate of drug-likeness (QED) is 0.232. The van der Waals surface area contributed by atoms with Gasteiger partial charge in [-0.2, -0.15) is 4.31 Å². The summed E-state index contributed by atoms with van der Waals surface area (Å²) in [4.78, 5) is 12.8. The normalized spacial score (nSPS) is 14.7. The summed E-state index contributed by atoms with van der Waals surface area (Å²) in [7, 11) is -3.62. The lowest BCUT2D eigenvalue weighted by atomic mass is 10.1. The highest BCUT2D eigenvalue weighted by atomic mass is 32.2. The lowest BCUT2D eigenvalue weighted by Gasteiger charge is -2.35. The number of hydrogen-bond donors (Lipinski definition) is 0. The van der Waals surface area contributed by atoms with E-state index >= 15 is 0 Å². The summed E-state index contributed by atoms with van der Waals surface area (Å²) in [5.74, 6) is 1.29. The first-order valence-electron chi connectivity index (χ1n) is 11.0. The van der Waals surface area contributed by atoms with E-state index in [1.165, 1.54) is 10.7 Å². The number of anilines is 1. The molecule has 0 bridgehead atoms. The standard InChI is InChI=1S/C23H26N4O7S/c1-17(2)34-19-4-6-20(7-5-19)35(29,30)27-11-9-26(10-12-27)18-3-8-21(23-25-24-14-32-23)22(13-18)33-16-31-15-28/h3-8,13-15,17H,9-12,16H2,1-2H3. The number of hydrogen-bond acceptors (Lipinski definition) is 10. The summed E-state index contributed by atoms with van der Waals surface area (Å²) in [5.41, 5.74) is 1.37. The number of carbonyl (C=O) groups excluding carboxylic acids is 1. The van der Waals surface area contributed by atoms with E-state index in [1.807, 2.05) is 19.9 Å². The molecule has 1 fully saturated rings. The van der Waals surface area contributed by atoms with E-state index in [-0.39, 0.29) is 23.7 Å². The van der Waals surface area contributed by atoms with Crippen LogP contribution in [0.2, 0.25) is 0 Å². The molecule has 0 aliphatic carbocycles. The highest BCUT2D eigenvalue weighted by Gasteiger charge is 2.29. The molecule has 0 unspecified atom stereocenters. The first-order valence-corrected chi connectivity index (χ1v) is 12.4. The van der Waals surface area contributed by atoms with Crippen LogP contribution in [0.3, 0.4) is 0 Å². The van der Waals surface area contributed by atoms with Crippen molar-refractivity contribution in [2.24, 2.45) is 0 Å². The molecule has 0 radical (unpaired) electrons. The molecule has 12 heteroatoms. The molecular weight excluding hydrogens is 476 g/mol. The number of nitrogens with zero attached hydrogens (tertiary/aromatic N) is 4. The minimum atomic E-state index is -3.62.